The SMILES string of the molecule is N[C@@H]1Cc2c([nH]c3cccc(F)c23)[C@@H](c2c(F)ccc(OCCNCCCF)c2F)N1CC(F)(F)CO. The fourth-order valence-corrected chi connectivity index (χ4v) is 4.72. The number of alkyl halides is 3. The summed E-state index contributed by atoms with van der Waals surface area (Å²) in [6, 6.07) is 4.78. The van der Waals surface area contributed by atoms with Crippen LogP contribution in [0.2, 0.25) is 0 Å². The minimum atomic E-state index is -3.63. The van der Waals surface area contributed by atoms with Gasteiger partial charge in [-0.1, -0.05) is 6.07 Å². The van der Waals surface area contributed by atoms with Crippen molar-refractivity contribution in [2.24, 2.45) is 5.73 Å². The predicted octanol–water partition coefficient (Wildman–Crippen LogP) is 3.77. The number of aromatic nitrogens is 1. The van der Waals surface area contributed by atoms with E-state index in [4.69, 9.17) is 10.5 Å². The van der Waals surface area contributed by atoms with Gasteiger partial charge in [0.25, 0.3) is 5.92 Å². The molecule has 0 saturated heterocycles. The minimum absolute atomic E-state index is 0.0202. The van der Waals surface area contributed by atoms with Gasteiger partial charge in [0.15, 0.2) is 11.6 Å². The Hall–Kier alpha value is -2.80. The van der Waals surface area contributed by atoms with Gasteiger partial charge in [-0.25, -0.2) is 22.0 Å². The number of aliphatic hydroxyl groups is 1. The average Bonchev–Trinajstić information content (AvgIpc) is 3.23. The summed E-state index contributed by atoms with van der Waals surface area (Å²) in [4.78, 5) is 3.94. The molecule has 202 valence electrons. The van der Waals surface area contributed by atoms with Crippen LogP contribution in [0.5, 0.6) is 5.75 Å². The zero-order chi connectivity index (χ0) is 26.7. The van der Waals surface area contributed by atoms with E-state index in [2.05, 4.69) is 10.3 Å². The van der Waals surface area contributed by atoms with Crippen LogP contribution in [0.4, 0.5) is 26.3 Å². The Balaban J connectivity index is 1.78. The Morgan fingerprint density at radius 3 is 2.65 bits per heavy atom. The maximum Gasteiger partial charge on any atom is 0.283 e. The zero-order valence-electron chi connectivity index (χ0n) is 19.8. The molecule has 37 heavy (non-hydrogen) atoms. The summed E-state index contributed by atoms with van der Waals surface area (Å²) in [5.74, 6) is -6.69. The summed E-state index contributed by atoms with van der Waals surface area (Å²) in [7, 11) is 0. The van der Waals surface area contributed by atoms with Crippen LogP contribution in [0.25, 0.3) is 10.9 Å². The van der Waals surface area contributed by atoms with Crippen LogP contribution in [0, 0.1) is 17.5 Å². The van der Waals surface area contributed by atoms with Crippen molar-refractivity contribution in [3.8, 4) is 5.75 Å². The number of H-pyrrole nitrogens is 1. The molecule has 0 amide bonds. The molecule has 5 N–H and O–H groups in total. The molecule has 12 heteroatoms. The van der Waals surface area contributed by atoms with Crippen molar-refractivity contribution in [2.75, 3.05) is 39.5 Å². The number of nitrogens with two attached hydrogens (primary N) is 1. The Morgan fingerprint density at radius 2 is 1.92 bits per heavy atom. The summed E-state index contributed by atoms with van der Waals surface area (Å²) < 4.78 is 92.1. The highest BCUT2D eigenvalue weighted by Crippen LogP contribution is 2.44. The number of aliphatic hydroxyl groups excluding tert-OH is 1. The van der Waals surface area contributed by atoms with E-state index in [0.29, 0.717) is 24.0 Å². The number of ether oxygens (including phenoxy) is 1. The average molecular weight is 531 g/mol. The normalized spacial score (nSPS) is 18.4. The molecular formula is C25H28F6N4O2. The lowest BCUT2D eigenvalue weighted by Crippen LogP contribution is -2.54. The maximum atomic E-state index is 15.8. The van der Waals surface area contributed by atoms with Crippen LogP contribution in [-0.2, 0) is 6.42 Å². The molecule has 2 aromatic carbocycles. The van der Waals surface area contributed by atoms with Crippen LogP contribution in [-0.4, -0.2) is 66.6 Å². The Morgan fingerprint density at radius 1 is 1.14 bits per heavy atom. The smallest absolute Gasteiger partial charge is 0.283 e. The van der Waals surface area contributed by atoms with Crippen LogP contribution >= 0.6 is 0 Å². The third-order valence-electron chi connectivity index (χ3n) is 6.39. The molecule has 4 rings (SSSR count). The van der Waals surface area contributed by atoms with Gasteiger partial charge in [-0.3, -0.25) is 9.29 Å². The van der Waals surface area contributed by atoms with E-state index in [1.165, 1.54) is 12.1 Å². The number of halogens is 6. The van der Waals surface area contributed by atoms with Crippen molar-refractivity contribution in [1.29, 1.82) is 0 Å². The summed E-state index contributed by atoms with van der Waals surface area (Å²) in [5.41, 5.74) is 6.40. The number of rotatable bonds is 11. The molecule has 0 unspecified atom stereocenters. The topological polar surface area (TPSA) is 86.5 Å². The van der Waals surface area contributed by atoms with Gasteiger partial charge >= 0.3 is 0 Å². The summed E-state index contributed by atoms with van der Waals surface area (Å²) in [5, 5.41) is 12.2. The van der Waals surface area contributed by atoms with E-state index < -0.39 is 61.0 Å². The lowest BCUT2D eigenvalue weighted by molar-refractivity contribution is -0.0879. The first-order valence-electron chi connectivity index (χ1n) is 11.8. The number of aromatic amines is 1. The molecule has 1 aliphatic rings. The lowest BCUT2D eigenvalue weighted by atomic mass is 9.89. The highest BCUT2D eigenvalue weighted by atomic mass is 19.3. The first kappa shape index (κ1) is 27.2. The van der Waals surface area contributed by atoms with Gasteiger partial charge in [0.1, 0.15) is 24.8 Å². The van der Waals surface area contributed by atoms with Crippen molar-refractivity contribution < 1.29 is 36.2 Å². The Kier molecular flexibility index (Phi) is 8.32. The van der Waals surface area contributed by atoms with Crippen molar-refractivity contribution in [3.63, 3.8) is 0 Å². The van der Waals surface area contributed by atoms with Crippen molar-refractivity contribution >= 4 is 10.9 Å². The van der Waals surface area contributed by atoms with Gasteiger partial charge in [-0.2, -0.15) is 0 Å². The highest BCUT2D eigenvalue weighted by Gasteiger charge is 2.44. The third kappa shape index (κ3) is 5.57. The summed E-state index contributed by atoms with van der Waals surface area (Å²) in [6.07, 6.45) is -0.937. The van der Waals surface area contributed by atoms with E-state index in [1.54, 1.807) is 6.07 Å². The van der Waals surface area contributed by atoms with Crippen LogP contribution in [0.1, 0.15) is 29.3 Å². The second-order valence-corrected chi connectivity index (χ2v) is 8.95. The van der Waals surface area contributed by atoms with E-state index in [0.717, 1.165) is 17.0 Å². The maximum absolute atomic E-state index is 15.8. The van der Waals surface area contributed by atoms with Gasteiger partial charge in [0.05, 0.1) is 31.0 Å². The molecule has 0 radical (unpaired) electrons. The van der Waals surface area contributed by atoms with Crippen molar-refractivity contribution in [1.82, 2.24) is 15.2 Å². The largest absolute Gasteiger partial charge is 0.489 e. The molecule has 1 aromatic heterocycles. The second-order valence-electron chi connectivity index (χ2n) is 8.95. The third-order valence-corrected chi connectivity index (χ3v) is 6.39. The molecular weight excluding hydrogens is 502 g/mol. The lowest BCUT2D eigenvalue weighted by Gasteiger charge is -2.42. The first-order chi connectivity index (χ1) is 17.7. The molecule has 0 bridgehead atoms. The summed E-state index contributed by atoms with van der Waals surface area (Å²) >= 11 is 0. The molecule has 0 aliphatic carbocycles. The fraction of sp³-hybridized carbons (Fsp3) is 0.440. The van der Waals surface area contributed by atoms with Crippen LogP contribution < -0.4 is 15.8 Å². The molecule has 1 aliphatic heterocycles. The standard InChI is InChI=1S/C25H28F6N4O2/c26-7-2-8-33-9-10-37-18-6-5-16(28)21(22(18)29)24-23-14(20-15(27)3-1-4-17(20)34-23)11-19(32)35(24)12-25(30,31)13-36/h1,3-6,19,24,33-34,36H,2,7-13,32H2/t19-,24+/m0/s1. The molecule has 0 saturated carbocycles. The molecule has 0 fully saturated rings. The zero-order valence-corrected chi connectivity index (χ0v) is 19.8. The number of benzene rings is 2. The Labute approximate surface area is 209 Å². The van der Waals surface area contributed by atoms with Gasteiger partial charge in [0.2, 0.25) is 0 Å². The van der Waals surface area contributed by atoms with Gasteiger partial charge in [-0.05, 0) is 42.8 Å². The fourth-order valence-electron chi connectivity index (χ4n) is 4.72. The van der Waals surface area contributed by atoms with Gasteiger partial charge in [0, 0.05) is 29.6 Å². The van der Waals surface area contributed by atoms with Crippen molar-refractivity contribution in [3.05, 3.63) is 64.6 Å². The van der Waals surface area contributed by atoms with Crippen LogP contribution in [0.15, 0.2) is 30.3 Å². The number of nitrogens with one attached hydrogen (secondary N) is 2. The molecule has 2 atom stereocenters. The first-order valence-corrected chi connectivity index (χ1v) is 11.8. The quantitative estimate of drug-likeness (QED) is 0.224. The molecule has 0 spiro atoms. The molecule has 2 heterocycles. The van der Waals surface area contributed by atoms with Crippen LogP contribution in [0.3, 0.4) is 0 Å². The Bertz CT molecular complexity index is 1240. The number of nitrogens with zero attached hydrogens (tertiary/aromatic N) is 1. The van der Waals surface area contributed by atoms with E-state index in [9.17, 15) is 22.7 Å². The van der Waals surface area contributed by atoms with Gasteiger partial charge in [-0.15, -0.1) is 0 Å². The predicted molar refractivity (Wildman–Crippen MR) is 126 cm³/mol. The van der Waals surface area contributed by atoms with Gasteiger partial charge < -0.3 is 25.9 Å². The van der Waals surface area contributed by atoms with Crippen molar-refractivity contribution in [2.45, 2.75) is 31.0 Å². The monoisotopic (exact) mass is 530 g/mol. The molecule has 3 aromatic rings. The van der Waals surface area contributed by atoms with E-state index >= 15 is 8.78 Å². The second kappa shape index (κ2) is 11.3. The number of hydrogen-bond donors (Lipinski definition) is 4. The number of hydrogen-bond acceptors (Lipinski definition) is 5. The minimum Gasteiger partial charge on any atom is -0.489 e. The van der Waals surface area contributed by atoms with E-state index in [1.807, 2.05) is 0 Å². The summed E-state index contributed by atoms with van der Waals surface area (Å²) in [6.45, 7) is -2.45. The molecule has 6 nitrogen and oxygen atoms in total. The van der Waals surface area contributed by atoms with E-state index in [-0.39, 0.29) is 36.4 Å². The number of fused-ring (bicyclic) bond motifs is 3. The highest BCUT2D eigenvalue weighted by molar-refractivity contribution is 5.86.